The molecule has 7 nitrogen and oxygen atoms in total. The summed E-state index contributed by atoms with van der Waals surface area (Å²) in [6.45, 7) is 5.88. The third-order valence-corrected chi connectivity index (χ3v) is 5.91. The Labute approximate surface area is 147 Å². The normalized spacial score (nSPS) is 15.1. The summed E-state index contributed by atoms with van der Waals surface area (Å²) in [5, 5.41) is 0. The van der Waals surface area contributed by atoms with E-state index in [1.54, 1.807) is 37.1 Å². The summed E-state index contributed by atoms with van der Waals surface area (Å²) in [5.41, 5.74) is 3.17. The lowest BCUT2D eigenvalue weighted by Crippen LogP contribution is -2.45. The second-order valence-electron chi connectivity index (χ2n) is 6.30. The van der Waals surface area contributed by atoms with Gasteiger partial charge >= 0.3 is 0 Å². The quantitative estimate of drug-likeness (QED) is 0.887. The topological polar surface area (TPSA) is 92.3 Å². The fourth-order valence-corrected chi connectivity index (χ4v) is 4.40. The molecular formula is C17H20N4O3S. The molecule has 1 unspecified atom stereocenters. The Kier molecular flexibility index (Phi) is 4.57. The monoisotopic (exact) mass is 360 g/mol. The largest absolute Gasteiger partial charge is 0.331 e. The fraction of sp³-hybridized carbons (Fsp3) is 0.353. The van der Waals surface area contributed by atoms with Gasteiger partial charge in [-0.15, -0.1) is 0 Å². The van der Waals surface area contributed by atoms with Crippen LogP contribution in [0.3, 0.4) is 0 Å². The average Bonchev–Trinajstić information content (AvgIpc) is 2.99. The lowest BCUT2D eigenvalue weighted by atomic mass is 10.2. The van der Waals surface area contributed by atoms with Gasteiger partial charge in [0, 0.05) is 18.3 Å². The molecule has 1 N–H and O–H groups in total. The maximum absolute atomic E-state index is 12.6. The number of fused-ring (bicyclic) bond motifs is 1. The van der Waals surface area contributed by atoms with Gasteiger partial charge in [-0.05, 0) is 38.0 Å². The Morgan fingerprint density at radius 2 is 2.04 bits per heavy atom. The zero-order valence-corrected chi connectivity index (χ0v) is 15.2. The first-order valence-electron chi connectivity index (χ1n) is 7.94. The van der Waals surface area contributed by atoms with Crippen molar-refractivity contribution in [3.8, 4) is 0 Å². The summed E-state index contributed by atoms with van der Waals surface area (Å²) in [6.07, 6.45) is 3.13. The summed E-state index contributed by atoms with van der Waals surface area (Å²) in [7, 11) is -3.78. The number of hydrogen-bond acceptors (Lipinski definition) is 5. The fourth-order valence-electron chi connectivity index (χ4n) is 2.87. The first kappa shape index (κ1) is 17.5. The minimum atomic E-state index is -3.78. The van der Waals surface area contributed by atoms with Crippen molar-refractivity contribution in [3.63, 3.8) is 0 Å². The second-order valence-corrected chi connectivity index (χ2v) is 7.98. The van der Waals surface area contributed by atoms with Crippen LogP contribution >= 0.6 is 0 Å². The van der Waals surface area contributed by atoms with Gasteiger partial charge in [0.1, 0.15) is 6.33 Å². The van der Waals surface area contributed by atoms with Crippen LogP contribution in [0.1, 0.15) is 29.3 Å². The number of benzene rings is 1. The van der Waals surface area contributed by atoms with E-state index in [4.69, 9.17) is 0 Å². The summed E-state index contributed by atoms with van der Waals surface area (Å²) in [4.78, 5) is 22.5. The van der Waals surface area contributed by atoms with E-state index in [2.05, 4.69) is 14.7 Å². The highest BCUT2D eigenvalue weighted by Crippen LogP contribution is 2.21. The van der Waals surface area contributed by atoms with E-state index in [0.717, 1.165) is 16.8 Å². The number of aromatic nitrogens is 2. The number of rotatable bonds is 4. The highest BCUT2D eigenvalue weighted by atomic mass is 32.2. The molecule has 0 fully saturated rings. The molecule has 1 aromatic carbocycles. The van der Waals surface area contributed by atoms with Crippen LogP contribution in [-0.4, -0.2) is 35.2 Å². The average molecular weight is 360 g/mol. The zero-order valence-electron chi connectivity index (χ0n) is 14.4. The highest BCUT2D eigenvalue weighted by molar-refractivity contribution is 7.89. The van der Waals surface area contributed by atoms with E-state index in [1.807, 2.05) is 13.0 Å². The lowest BCUT2D eigenvalue weighted by molar-refractivity contribution is -0.133. The molecule has 3 rings (SSSR count). The Morgan fingerprint density at radius 1 is 1.28 bits per heavy atom. The number of sulfonamides is 1. The van der Waals surface area contributed by atoms with E-state index in [9.17, 15) is 13.2 Å². The first-order chi connectivity index (χ1) is 11.8. The smallest absolute Gasteiger partial charge is 0.241 e. The molecule has 0 aliphatic carbocycles. The molecule has 0 saturated carbocycles. The maximum atomic E-state index is 12.6. The molecule has 0 radical (unpaired) electrons. The Balaban J connectivity index is 1.75. The number of carbonyl (C=O) groups is 1. The number of hydrogen-bond donors (Lipinski definition) is 1. The van der Waals surface area contributed by atoms with Gasteiger partial charge in [0.15, 0.2) is 0 Å². The summed E-state index contributed by atoms with van der Waals surface area (Å²) < 4.78 is 27.8. The standard InChI is InChI=1S/C17H20N4O3S/c1-11-4-5-12(2)16(6-11)25(23,24)20-13(3)17(22)21-8-14-7-18-10-19-15(14)9-21/h4-7,10,13,20H,8-9H2,1-3H3. The van der Waals surface area contributed by atoms with Crippen LogP contribution in [0.15, 0.2) is 35.6 Å². The second kappa shape index (κ2) is 6.53. The first-order valence-corrected chi connectivity index (χ1v) is 9.42. The van der Waals surface area contributed by atoms with E-state index in [1.165, 1.54) is 6.33 Å². The Morgan fingerprint density at radius 3 is 2.76 bits per heavy atom. The van der Waals surface area contributed by atoms with Crippen molar-refractivity contribution >= 4 is 15.9 Å². The SMILES string of the molecule is Cc1ccc(C)c(S(=O)(=O)NC(C)C(=O)N2Cc3cncnc3C2)c1. The zero-order chi connectivity index (χ0) is 18.2. The van der Waals surface area contributed by atoms with Crippen LogP contribution in [0.25, 0.3) is 0 Å². The van der Waals surface area contributed by atoms with Gasteiger partial charge in [-0.2, -0.15) is 4.72 Å². The van der Waals surface area contributed by atoms with E-state index in [-0.39, 0.29) is 10.8 Å². The molecule has 2 heterocycles. The number of amides is 1. The molecule has 0 bridgehead atoms. The van der Waals surface area contributed by atoms with Crippen molar-refractivity contribution in [3.05, 3.63) is 53.1 Å². The minimum absolute atomic E-state index is 0.197. The van der Waals surface area contributed by atoms with Gasteiger partial charge in [-0.1, -0.05) is 12.1 Å². The third kappa shape index (κ3) is 3.54. The van der Waals surface area contributed by atoms with Crippen molar-refractivity contribution in [1.82, 2.24) is 19.6 Å². The molecule has 25 heavy (non-hydrogen) atoms. The summed E-state index contributed by atoms with van der Waals surface area (Å²) in [5.74, 6) is -0.285. The molecule has 2 aromatic rings. The molecule has 8 heteroatoms. The molecule has 1 atom stereocenters. The van der Waals surface area contributed by atoms with Gasteiger partial charge in [-0.25, -0.2) is 18.4 Å². The molecule has 1 amide bonds. The Hall–Kier alpha value is -2.32. The van der Waals surface area contributed by atoms with E-state index < -0.39 is 16.1 Å². The van der Waals surface area contributed by atoms with Crippen molar-refractivity contribution < 1.29 is 13.2 Å². The van der Waals surface area contributed by atoms with Gasteiger partial charge < -0.3 is 4.90 Å². The van der Waals surface area contributed by atoms with Crippen molar-refractivity contribution in [2.75, 3.05) is 0 Å². The van der Waals surface area contributed by atoms with Gasteiger partial charge in [-0.3, -0.25) is 4.79 Å². The lowest BCUT2D eigenvalue weighted by Gasteiger charge is -2.21. The van der Waals surface area contributed by atoms with Crippen LogP contribution in [0.2, 0.25) is 0 Å². The molecule has 1 aliphatic rings. The number of carbonyl (C=O) groups excluding carboxylic acids is 1. The molecule has 0 saturated heterocycles. The van der Waals surface area contributed by atoms with Crippen molar-refractivity contribution in [1.29, 1.82) is 0 Å². The third-order valence-electron chi connectivity index (χ3n) is 4.23. The van der Waals surface area contributed by atoms with E-state index in [0.29, 0.717) is 18.7 Å². The van der Waals surface area contributed by atoms with Gasteiger partial charge in [0.2, 0.25) is 15.9 Å². The number of aryl methyl sites for hydroxylation is 2. The van der Waals surface area contributed by atoms with E-state index >= 15 is 0 Å². The van der Waals surface area contributed by atoms with Crippen LogP contribution in [0.5, 0.6) is 0 Å². The molecule has 1 aromatic heterocycles. The summed E-state index contributed by atoms with van der Waals surface area (Å²) in [6, 6.07) is 4.35. The molecule has 0 spiro atoms. The van der Waals surface area contributed by atoms with Crippen molar-refractivity contribution in [2.24, 2.45) is 0 Å². The maximum Gasteiger partial charge on any atom is 0.241 e. The predicted molar refractivity (Wildman–Crippen MR) is 92.0 cm³/mol. The summed E-state index contributed by atoms with van der Waals surface area (Å²) >= 11 is 0. The molecule has 1 aliphatic heterocycles. The predicted octanol–water partition coefficient (Wildman–Crippen LogP) is 1.30. The molecule has 132 valence electrons. The Bertz CT molecular complexity index is 902. The van der Waals surface area contributed by atoms with Crippen LogP contribution < -0.4 is 4.72 Å². The van der Waals surface area contributed by atoms with Crippen LogP contribution in [0, 0.1) is 13.8 Å². The number of nitrogens with zero attached hydrogens (tertiary/aromatic N) is 3. The van der Waals surface area contributed by atoms with Gasteiger partial charge in [0.05, 0.1) is 23.2 Å². The highest BCUT2D eigenvalue weighted by Gasteiger charge is 2.30. The van der Waals surface area contributed by atoms with Crippen LogP contribution in [-0.2, 0) is 27.9 Å². The minimum Gasteiger partial charge on any atom is -0.331 e. The van der Waals surface area contributed by atoms with Gasteiger partial charge in [0.25, 0.3) is 0 Å². The molecular weight excluding hydrogens is 340 g/mol. The number of nitrogens with one attached hydrogen (secondary N) is 1. The van der Waals surface area contributed by atoms with Crippen molar-refractivity contribution in [2.45, 2.75) is 44.8 Å². The van der Waals surface area contributed by atoms with Crippen LogP contribution in [0.4, 0.5) is 0 Å².